The molecule has 1 heterocycles. The van der Waals surface area contributed by atoms with Gasteiger partial charge in [-0.1, -0.05) is 6.92 Å². The average molecular weight is 283 g/mol. The van der Waals surface area contributed by atoms with Crippen molar-refractivity contribution in [3.05, 3.63) is 29.8 Å². The number of urea groups is 1. The van der Waals surface area contributed by atoms with E-state index in [1.165, 1.54) is 6.07 Å². The van der Waals surface area contributed by atoms with E-state index in [1.54, 1.807) is 4.90 Å². The monoisotopic (exact) mass is 283 g/mol. The van der Waals surface area contributed by atoms with Crippen molar-refractivity contribution in [1.29, 1.82) is 0 Å². The molecule has 6 heteroatoms. The molecule has 0 bridgehead atoms. The van der Waals surface area contributed by atoms with Gasteiger partial charge in [0.2, 0.25) is 0 Å². The number of hydrogen-bond acceptors (Lipinski definition) is 2. The van der Waals surface area contributed by atoms with Crippen LogP contribution in [0.4, 0.5) is 19.3 Å². The van der Waals surface area contributed by atoms with Crippen LogP contribution in [0.2, 0.25) is 0 Å². The minimum Gasteiger partial charge on any atom is -0.328 e. The summed E-state index contributed by atoms with van der Waals surface area (Å²) in [5.74, 6) is -0.935. The van der Waals surface area contributed by atoms with E-state index in [-0.39, 0.29) is 11.7 Å². The van der Waals surface area contributed by atoms with Crippen LogP contribution in [0.5, 0.6) is 0 Å². The molecule has 2 unspecified atom stereocenters. The molecule has 1 aromatic rings. The summed E-state index contributed by atoms with van der Waals surface area (Å²) in [6.45, 7) is 3.10. The molecule has 1 aliphatic rings. The number of carbonyl (C=O) groups is 1. The molecular formula is C14H19F2N3O. The Morgan fingerprint density at radius 1 is 1.50 bits per heavy atom. The van der Waals surface area contributed by atoms with Gasteiger partial charge in [0.25, 0.3) is 0 Å². The summed E-state index contributed by atoms with van der Waals surface area (Å²) in [6.07, 6.45) is 1.74. The molecule has 0 saturated carbocycles. The summed E-state index contributed by atoms with van der Waals surface area (Å²) in [4.78, 5) is 13.8. The van der Waals surface area contributed by atoms with Crippen LogP contribution in [-0.4, -0.2) is 30.1 Å². The summed E-state index contributed by atoms with van der Waals surface area (Å²) in [7, 11) is 0. The highest BCUT2D eigenvalue weighted by Crippen LogP contribution is 2.23. The van der Waals surface area contributed by atoms with Crippen LogP contribution < -0.4 is 11.1 Å². The van der Waals surface area contributed by atoms with Gasteiger partial charge in [-0.05, 0) is 30.9 Å². The second-order valence-electron chi connectivity index (χ2n) is 5.27. The van der Waals surface area contributed by atoms with Crippen molar-refractivity contribution in [3.8, 4) is 0 Å². The number of benzene rings is 1. The van der Waals surface area contributed by atoms with Gasteiger partial charge < -0.3 is 16.0 Å². The van der Waals surface area contributed by atoms with Crippen LogP contribution >= 0.6 is 0 Å². The normalized spacial score (nSPS) is 22.7. The quantitative estimate of drug-likeness (QED) is 0.876. The van der Waals surface area contributed by atoms with E-state index in [9.17, 15) is 13.6 Å². The zero-order chi connectivity index (χ0) is 14.7. The van der Waals surface area contributed by atoms with Crippen molar-refractivity contribution < 1.29 is 13.6 Å². The van der Waals surface area contributed by atoms with Gasteiger partial charge in [-0.15, -0.1) is 0 Å². The third kappa shape index (κ3) is 3.25. The van der Waals surface area contributed by atoms with Crippen LogP contribution in [-0.2, 0) is 0 Å². The van der Waals surface area contributed by atoms with E-state index < -0.39 is 17.7 Å². The summed E-state index contributed by atoms with van der Waals surface area (Å²) in [5, 5.41) is 2.48. The SMILES string of the molecule is CC1CCN(C(=O)Nc2ccc(F)cc2F)C(CN)C1. The Labute approximate surface area is 116 Å². The topological polar surface area (TPSA) is 58.4 Å². The van der Waals surface area contributed by atoms with Gasteiger partial charge in [-0.25, -0.2) is 13.6 Å². The van der Waals surface area contributed by atoms with Crippen LogP contribution in [0.1, 0.15) is 19.8 Å². The van der Waals surface area contributed by atoms with Crippen molar-refractivity contribution in [3.63, 3.8) is 0 Å². The van der Waals surface area contributed by atoms with Crippen molar-refractivity contribution >= 4 is 11.7 Å². The molecule has 110 valence electrons. The molecule has 1 aliphatic heterocycles. The van der Waals surface area contributed by atoms with Crippen molar-refractivity contribution in [1.82, 2.24) is 4.90 Å². The molecule has 1 saturated heterocycles. The standard InChI is InChI=1S/C14H19F2N3O/c1-9-4-5-19(11(6-9)8-17)14(20)18-13-3-2-10(15)7-12(13)16/h2-3,7,9,11H,4-6,8,17H2,1H3,(H,18,20). The summed E-state index contributed by atoms with van der Waals surface area (Å²) < 4.78 is 26.3. The number of halogens is 2. The number of piperidine rings is 1. The van der Waals surface area contributed by atoms with Crippen LogP contribution in [0.3, 0.4) is 0 Å². The first kappa shape index (κ1) is 14.7. The number of nitrogens with one attached hydrogen (secondary N) is 1. The maximum Gasteiger partial charge on any atom is 0.322 e. The minimum atomic E-state index is -0.784. The maximum absolute atomic E-state index is 13.5. The Bertz CT molecular complexity index is 495. The predicted octanol–water partition coefficient (Wildman–Crippen LogP) is 2.56. The average Bonchev–Trinajstić information content (AvgIpc) is 2.41. The van der Waals surface area contributed by atoms with E-state index in [4.69, 9.17) is 5.73 Å². The van der Waals surface area contributed by atoms with Crippen molar-refractivity contribution in [2.75, 3.05) is 18.4 Å². The van der Waals surface area contributed by atoms with E-state index in [0.29, 0.717) is 19.0 Å². The number of nitrogens with two attached hydrogens (primary N) is 1. The summed E-state index contributed by atoms with van der Waals surface area (Å²) >= 11 is 0. The molecule has 1 fully saturated rings. The maximum atomic E-state index is 13.5. The number of nitrogens with zero attached hydrogens (tertiary/aromatic N) is 1. The molecule has 0 spiro atoms. The fraction of sp³-hybridized carbons (Fsp3) is 0.500. The molecule has 3 N–H and O–H groups in total. The van der Waals surface area contributed by atoms with Crippen molar-refractivity contribution in [2.24, 2.45) is 11.7 Å². The van der Waals surface area contributed by atoms with Gasteiger partial charge in [-0.2, -0.15) is 0 Å². The van der Waals surface area contributed by atoms with Gasteiger partial charge in [0, 0.05) is 25.2 Å². The first-order valence-electron chi connectivity index (χ1n) is 6.74. The number of rotatable bonds is 2. The zero-order valence-electron chi connectivity index (χ0n) is 11.4. The second kappa shape index (κ2) is 6.17. The van der Waals surface area contributed by atoms with Crippen molar-refractivity contribution in [2.45, 2.75) is 25.8 Å². The molecule has 2 atom stereocenters. The highest BCUT2D eigenvalue weighted by atomic mass is 19.1. The molecule has 1 aromatic carbocycles. The van der Waals surface area contributed by atoms with E-state index in [2.05, 4.69) is 12.2 Å². The fourth-order valence-corrected chi connectivity index (χ4v) is 2.52. The van der Waals surface area contributed by atoms with Crippen LogP contribution in [0.15, 0.2) is 18.2 Å². The molecule has 2 amide bonds. The number of likely N-dealkylation sites (tertiary alicyclic amines) is 1. The van der Waals surface area contributed by atoms with E-state index in [1.807, 2.05) is 0 Å². The Hall–Kier alpha value is -1.69. The van der Waals surface area contributed by atoms with E-state index in [0.717, 1.165) is 25.0 Å². The van der Waals surface area contributed by atoms with Gasteiger partial charge in [0.1, 0.15) is 11.6 Å². The zero-order valence-corrected chi connectivity index (χ0v) is 11.4. The second-order valence-corrected chi connectivity index (χ2v) is 5.27. The number of amides is 2. The number of anilines is 1. The molecular weight excluding hydrogens is 264 g/mol. The van der Waals surface area contributed by atoms with Crippen LogP contribution in [0, 0.1) is 17.6 Å². The summed E-state index contributed by atoms with van der Waals surface area (Å²) in [5.41, 5.74) is 5.67. The smallest absolute Gasteiger partial charge is 0.322 e. The van der Waals surface area contributed by atoms with E-state index >= 15 is 0 Å². The highest BCUT2D eigenvalue weighted by molar-refractivity contribution is 5.89. The molecule has 4 nitrogen and oxygen atoms in total. The molecule has 0 radical (unpaired) electrons. The minimum absolute atomic E-state index is 0.0224. The predicted molar refractivity (Wildman–Crippen MR) is 73.3 cm³/mol. The molecule has 2 rings (SSSR count). The molecule has 0 aromatic heterocycles. The Kier molecular flexibility index (Phi) is 4.54. The van der Waals surface area contributed by atoms with Gasteiger partial charge >= 0.3 is 6.03 Å². The molecule has 20 heavy (non-hydrogen) atoms. The lowest BCUT2D eigenvalue weighted by molar-refractivity contribution is 0.145. The van der Waals surface area contributed by atoms with Gasteiger partial charge in [-0.3, -0.25) is 0 Å². The lowest BCUT2D eigenvalue weighted by Gasteiger charge is -2.37. The highest BCUT2D eigenvalue weighted by Gasteiger charge is 2.29. The molecule has 0 aliphatic carbocycles. The Morgan fingerprint density at radius 3 is 2.90 bits per heavy atom. The fourth-order valence-electron chi connectivity index (χ4n) is 2.52. The third-order valence-corrected chi connectivity index (χ3v) is 3.68. The van der Waals surface area contributed by atoms with Crippen LogP contribution in [0.25, 0.3) is 0 Å². The number of carbonyl (C=O) groups excluding carboxylic acids is 1. The van der Waals surface area contributed by atoms with Gasteiger partial charge in [0.15, 0.2) is 0 Å². The third-order valence-electron chi connectivity index (χ3n) is 3.68. The first-order chi connectivity index (χ1) is 9.51. The Morgan fingerprint density at radius 2 is 2.25 bits per heavy atom. The van der Waals surface area contributed by atoms with Gasteiger partial charge in [0.05, 0.1) is 5.69 Å². The number of hydrogen-bond donors (Lipinski definition) is 2. The first-order valence-corrected chi connectivity index (χ1v) is 6.74. The lowest BCUT2D eigenvalue weighted by Crippen LogP contribution is -2.50. The largest absolute Gasteiger partial charge is 0.328 e. The Balaban J connectivity index is 2.07. The summed E-state index contributed by atoms with van der Waals surface area (Å²) in [6, 6.07) is 2.64. The lowest BCUT2D eigenvalue weighted by atomic mass is 9.93.